The van der Waals surface area contributed by atoms with E-state index < -0.39 is 28.0 Å². The summed E-state index contributed by atoms with van der Waals surface area (Å²) in [7, 11) is 0.313. The molecule has 2 heterocycles. The van der Waals surface area contributed by atoms with Crippen LogP contribution in [-0.4, -0.2) is 93.0 Å². The molecular formula is C44H55ClN8O5S2. The molecule has 2 amide bonds. The number of carbonyl (C=O) groups is 3. The predicted octanol–water partition coefficient (Wildman–Crippen LogP) is 5.24. The molecule has 3 aromatic carbocycles. The molecule has 0 spiro atoms. The number of nitrogens with one attached hydrogen (secondary N) is 4. The average Bonchev–Trinajstić information content (AvgIpc) is 3.65. The Hall–Kier alpha value is -4.61. The number of para-hydroxylation sites is 1. The quantitative estimate of drug-likeness (QED) is 0.0370. The van der Waals surface area contributed by atoms with Crippen molar-refractivity contribution in [2.75, 3.05) is 33.4 Å². The number of hydrogen-bond acceptors (Lipinski definition) is 11. The van der Waals surface area contributed by atoms with Gasteiger partial charge in [-0.3, -0.25) is 14.5 Å². The number of fused-ring (bicyclic) bond motifs is 1. The van der Waals surface area contributed by atoms with E-state index in [1.807, 2.05) is 67.7 Å². The van der Waals surface area contributed by atoms with Gasteiger partial charge >= 0.3 is 0 Å². The summed E-state index contributed by atoms with van der Waals surface area (Å²) in [6.07, 6.45) is 9.05. The fraction of sp³-hybridized carbons (Fsp3) is 0.364. The van der Waals surface area contributed by atoms with E-state index in [4.69, 9.17) is 28.1 Å². The number of unbranched alkanes of at least 4 members (excludes halogenated alkanes) is 1. The van der Waals surface area contributed by atoms with Crippen molar-refractivity contribution >= 4 is 62.2 Å². The van der Waals surface area contributed by atoms with Crippen LogP contribution in [0, 0.1) is 0 Å². The number of nitrogens with two attached hydrogens (primary N) is 2. The Morgan fingerprint density at radius 2 is 1.67 bits per heavy atom. The molecule has 16 heteroatoms. The number of rotatable bonds is 23. The number of amides is 2. The van der Waals surface area contributed by atoms with Crippen molar-refractivity contribution in [3.63, 3.8) is 0 Å². The summed E-state index contributed by atoms with van der Waals surface area (Å²) in [5, 5.41) is 11.5. The van der Waals surface area contributed by atoms with Crippen LogP contribution in [0.15, 0.2) is 100 Å². The van der Waals surface area contributed by atoms with Gasteiger partial charge in [-0.25, -0.2) is 13.4 Å². The van der Waals surface area contributed by atoms with Crippen molar-refractivity contribution in [3.8, 4) is 11.1 Å². The van der Waals surface area contributed by atoms with Gasteiger partial charge < -0.3 is 37.2 Å². The summed E-state index contributed by atoms with van der Waals surface area (Å²) >= 11 is 8.36. The van der Waals surface area contributed by atoms with Crippen molar-refractivity contribution in [2.24, 2.45) is 11.5 Å². The number of likely N-dealkylation sites (N-methyl/N-ethyl adjacent to an activating group) is 1. The van der Waals surface area contributed by atoms with Crippen LogP contribution >= 0.6 is 23.4 Å². The second-order valence-corrected chi connectivity index (χ2v) is 18.4. The second-order valence-electron chi connectivity index (χ2n) is 14.9. The van der Waals surface area contributed by atoms with Gasteiger partial charge in [-0.1, -0.05) is 65.8 Å². The highest BCUT2D eigenvalue weighted by atomic mass is 35.5. The zero-order valence-electron chi connectivity index (χ0n) is 34.2. The zero-order chi connectivity index (χ0) is 43.2. The highest BCUT2D eigenvalue weighted by Crippen LogP contribution is 2.41. The number of halogens is 1. The van der Waals surface area contributed by atoms with E-state index in [1.54, 1.807) is 36.5 Å². The Kier molecular flexibility index (Phi) is 17.3. The van der Waals surface area contributed by atoms with Crippen molar-refractivity contribution in [2.45, 2.75) is 84.6 Å². The van der Waals surface area contributed by atoms with Crippen LogP contribution in [0.3, 0.4) is 0 Å². The standard InChI is InChI=1S/C44H55ClN8O5S2/c1-53(2)40(24-31-26-49-38-13-5-4-12-35(31)38)43(56)51-27-36-34(29-15-17-33(18-16-29)60(3,57)58)19-20-37(45)41(36)59-44-30(10-9-23-48-44)25-50-39(14-8-22-47)42(55)52-32(28-54)11-6-7-21-46/h4-5,9-10,12-13,15-20,23,26,28,32,39-40,49-50H,6-8,11,14,21-22,24-25,27,46-47H2,1-3H3,(H,51,56)(H,52,55). The number of carbonyl (C=O) groups excluding carboxylic acids is 3. The first kappa shape index (κ1) is 46.5. The Balaban J connectivity index is 1.45. The molecular weight excluding hydrogens is 820 g/mol. The molecule has 320 valence electrons. The van der Waals surface area contributed by atoms with Crippen molar-refractivity contribution in [1.29, 1.82) is 0 Å². The lowest BCUT2D eigenvalue weighted by Gasteiger charge is -2.24. The van der Waals surface area contributed by atoms with Crippen molar-refractivity contribution < 1.29 is 22.8 Å². The lowest BCUT2D eigenvalue weighted by molar-refractivity contribution is -0.126. The van der Waals surface area contributed by atoms with Crippen LogP contribution in [0.2, 0.25) is 5.02 Å². The molecule has 0 aliphatic rings. The lowest BCUT2D eigenvalue weighted by Crippen LogP contribution is -2.48. The second kappa shape index (κ2) is 22.3. The number of benzene rings is 3. The van der Waals surface area contributed by atoms with Crippen LogP contribution in [0.4, 0.5) is 0 Å². The first-order valence-corrected chi connectivity index (χ1v) is 23.0. The van der Waals surface area contributed by atoms with Crippen LogP contribution < -0.4 is 27.4 Å². The number of aldehydes is 1. The molecule has 0 fully saturated rings. The molecule has 8 N–H and O–H groups in total. The van der Waals surface area contributed by atoms with Gasteiger partial charge in [0.2, 0.25) is 11.8 Å². The van der Waals surface area contributed by atoms with Crippen LogP contribution in [0.5, 0.6) is 0 Å². The summed E-state index contributed by atoms with van der Waals surface area (Å²) in [5.41, 5.74) is 16.5. The van der Waals surface area contributed by atoms with Gasteiger partial charge in [-0.2, -0.15) is 0 Å². The molecule has 0 bridgehead atoms. The van der Waals surface area contributed by atoms with Crippen molar-refractivity contribution in [3.05, 3.63) is 107 Å². The van der Waals surface area contributed by atoms with Gasteiger partial charge in [0.15, 0.2) is 9.84 Å². The van der Waals surface area contributed by atoms with E-state index in [2.05, 4.69) is 20.9 Å². The predicted molar refractivity (Wildman–Crippen MR) is 239 cm³/mol. The van der Waals surface area contributed by atoms with Gasteiger partial charge in [-0.05, 0) is 124 Å². The normalized spacial score (nSPS) is 13.2. The maximum absolute atomic E-state index is 14.1. The highest BCUT2D eigenvalue weighted by molar-refractivity contribution is 7.99. The largest absolute Gasteiger partial charge is 0.361 e. The van der Waals surface area contributed by atoms with Crippen LogP contribution in [0.1, 0.15) is 48.8 Å². The van der Waals surface area contributed by atoms with E-state index in [9.17, 15) is 22.8 Å². The maximum Gasteiger partial charge on any atom is 0.237 e. The Bertz CT molecular complexity index is 2340. The number of pyridine rings is 1. The Morgan fingerprint density at radius 3 is 2.37 bits per heavy atom. The molecule has 5 aromatic rings. The van der Waals surface area contributed by atoms with Gasteiger partial charge in [0.25, 0.3) is 0 Å². The summed E-state index contributed by atoms with van der Waals surface area (Å²) in [4.78, 5) is 50.1. The third kappa shape index (κ3) is 12.5. The van der Waals surface area contributed by atoms with Gasteiger partial charge in [0.05, 0.1) is 28.0 Å². The van der Waals surface area contributed by atoms with E-state index in [-0.39, 0.29) is 29.8 Å². The monoisotopic (exact) mass is 874 g/mol. The number of sulfone groups is 1. The molecule has 2 aromatic heterocycles. The fourth-order valence-electron chi connectivity index (χ4n) is 6.94. The Labute approximate surface area is 361 Å². The molecule has 60 heavy (non-hydrogen) atoms. The molecule has 0 radical (unpaired) electrons. The summed E-state index contributed by atoms with van der Waals surface area (Å²) < 4.78 is 24.7. The summed E-state index contributed by atoms with van der Waals surface area (Å²) in [6.45, 7) is 1.29. The van der Waals surface area contributed by atoms with Crippen LogP contribution in [0.25, 0.3) is 22.0 Å². The number of hydrogen-bond donors (Lipinski definition) is 6. The Morgan fingerprint density at radius 1 is 0.917 bits per heavy atom. The number of nitrogens with zero attached hydrogens (tertiary/aromatic N) is 2. The minimum absolute atomic E-state index is 0.105. The summed E-state index contributed by atoms with van der Waals surface area (Å²) in [6, 6.07) is 20.2. The number of aromatic amines is 1. The first-order chi connectivity index (χ1) is 28.8. The topological polar surface area (TPSA) is 205 Å². The van der Waals surface area contributed by atoms with E-state index in [0.717, 1.165) is 64.1 Å². The first-order valence-electron chi connectivity index (χ1n) is 20.0. The lowest BCUT2D eigenvalue weighted by atomic mass is 9.99. The highest BCUT2D eigenvalue weighted by Gasteiger charge is 2.26. The number of aromatic nitrogens is 2. The molecule has 0 aliphatic heterocycles. The minimum Gasteiger partial charge on any atom is -0.361 e. The van der Waals surface area contributed by atoms with E-state index in [0.29, 0.717) is 53.7 Å². The van der Waals surface area contributed by atoms with Crippen LogP contribution in [-0.2, 0) is 43.7 Å². The smallest absolute Gasteiger partial charge is 0.237 e. The van der Waals surface area contributed by atoms with Gasteiger partial charge in [0.1, 0.15) is 11.3 Å². The molecule has 5 rings (SSSR count). The van der Waals surface area contributed by atoms with Gasteiger partial charge in [-0.15, -0.1) is 0 Å². The molecule has 0 saturated carbocycles. The van der Waals surface area contributed by atoms with E-state index in [1.165, 1.54) is 11.8 Å². The average molecular weight is 876 g/mol. The fourth-order valence-corrected chi connectivity index (χ4v) is 8.92. The summed E-state index contributed by atoms with van der Waals surface area (Å²) in [5.74, 6) is -0.469. The molecule has 13 nitrogen and oxygen atoms in total. The van der Waals surface area contributed by atoms with Gasteiger partial charge in [0, 0.05) is 47.5 Å². The molecule has 3 atom stereocenters. The maximum atomic E-state index is 14.1. The molecule has 0 saturated heterocycles. The third-order valence-corrected chi connectivity index (χ3v) is 13.1. The molecule has 3 unspecified atom stereocenters. The SMILES string of the molecule is CN(C)C(Cc1c[nH]c2ccccc12)C(=O)NCc1c(-c2ccc(S(C)(=O)=O)cc2)ccc(Cl)c1Sc1ncccc1CNC(CCCN)C(=O)NC(C=O)CCCCN. The third-order valence-electron chi connectivity index (χ3n) is 10.3. The van der Waals surface area contributed by atoms with Crippen molar-refractivity contribution in [1.82, 2.24) is 30.8 Å². The van der Waals surface area contributed by atoms with E-state index >= 15 is 0 Å². The minimum atomic E-state index is -3.44. The number of H-pyrrole nitrogens is 1. The zero-order valence-corrected chi connectivity index (χ0v) is 36.6. The molecule has 0 aliphatic carbocycles.